The van der Waals surface area contributed by atoms with Crippen molar-refractivity contribution < 1.29 is 9.53 Å². The van der Waals surface area contributed by atoms with Crippen LogP contribution in [0, 0.1) is 0 Å². The summed E-state index contributed by atoms with van der Waals surface area (Å²) in [5.74, 6) is 0.972. The van der Waals surface area contributed by atoms with Gasteiger partial charge in [0, 0.05) is 37.8 Å². The third-order valence-corrected chi connectivity index (χ3v) is 5.05. The van der Waals surface area contributed by atoms with Crippen LogP contribution in [0.5, 0.6) is 5.75 Å². The molecule has 1 aromatic heterocycles. The number of carbonyl (C=O) groups excluding carboxylic acids is 1. The van der Waals surface area contributed by atoms with Gasteiger partial charge in [-0.05, 0) is 30.5 Å². The average molecular weight is 370 g/mol. The molecule has 2 N–H and O–H groups in total. The summed E-state index contributed by atoms with van der Waals surface area (Å²) in [7, 11) is 1.68. The van der Waals surface area contributed by atoms with Crippen molar-refractivity contribution in [2.24, 2.45) is 0 Å². The van der Waals surface area contributed by atoms with E-state index in [2.05, 4.69) is 37.7 Å². The monoisotopic (exact) mass is 370 g/mol. The van der Waals surface area contributed by atoms with Crippen molar-refractivity contribution in [1.29, 1.82) is 0 Å². The molecule has 1 saturated heterocycles. The minimum absolute atomic E-state index is 0.129. The van der Waals surface area contributed by atoms with Gasteiger partial charge in [0.05, 0.1) is 19.7 Å². The molecule has 1 amide bonds. The summed E-state index contributed by atoms with van der Waals surface area (Å²) < 4.78 is 7.27. The fourth-order valence-corrected chi connectivity index (χ4v) is 3.46. The number of amides is 1. The highest BCUT2D eigenvalue weighted by Crippen LogP contribution is 2.22. The number of methoxy groups -OCH3 is 1. The van der Waals surface area contributed by atoms with Crippen LogP contribution in [-0.2, 0) is 17.9 Å². The normalized spacial score (nSPS) is 20.4. The number of ether oxygens (including phenoxy) is 1. The van der Waals surface area contributed by atoms with Crippen LogP contribution >= 0.6 is 0 Å². The zero-order chi connectivity index (χ0) is 18.6. The van der Waals surface area contributed by atoms with Gasteiger partial charge in [0.1, 0.15) is 18.4 Å². The summed E-state index contributed by atoms with van der Waals surface area (Å²) in [5.41, 5.74) is 2.27. The molecule has 8 heteroatoms. The van der Waals surface area contributed by atoms with Crippen LogP contribution in [0.15, 0.2) is 30.9 Å². The lowest BCUT2D eigenvalue weighted by atomic mass is 10.1. The fourth-order valence-electron chi connectivity index (χ4n) is 3.46. The Bertz CT molecular complexity index is 775. The molecule has 144 valence electrons. The molecule has 0 radical (unpaired) electrons. The summed E-state index contributed by atoms with van der Waals surface area (Å²) in [6.45, 7) is 3.90. The molecule has 2 heterocycles. The summed E-state index contributed by atoms with van der Waals surface area (Å²) >= 11 is 0. The Hall–Kier alpha value is -2.45. The molecule has 0 unspecified atom stereocenters. The Morgan fingerprint density at radius 3 is 3.00 bits per heavy atom. The van der Waals surface area contributed by atoms with E-state index in [-0.39, 0.29) is 11.9 Å². The maximum atomic E-state index is 12.3. The molecule has 2 aliphatic rings. The third kappa shape index (κ3) is 4.64. The Balaban J connectivity index is 1.41. The molecule has 1 aliphatic heterocycles. The van der Waals surface area contributed by atoms with Crippen molar-refractivity contribution in [2.75, 3.05) is 26.7 Å². The second-order valence-corrected chi connectivity index (χ2v) is 7.26. The van der Waals surface area contributed by atoms with Gasteiger partial charge in [0.2, 0.25) is 5.91 Å². The van der Waals surface area contributed by atoms with Crippen LogP contribution in [0.4, 0.5) is 0 Å². The van der Waals surface area contributed by atoms with Gasteiger partial charge in [0.15, 0.2) is 0 Å². The largest absolute Gasteiger partial charge is 0.496 e. The SMILES string of the molecule is COc1ccc(CN2CCN[C@@H](C(=O)NC3CC3)C2)cc1Cn1cncn1. The molecule has 4 rings (SSSR count). The second kappa shape index (κ2) is 8.06. The molecular weight excluding hydrogens is 344 g/mol. The maximum Gasteiger partial charge on any atom is 0.238 e. The van der Waals surface area contributed by atoms with Gasteiger partial charge in [-0.3, -0.25) is 9.69 Å². The smallest absolute Gasteiger partial charge is 0.238 e. The van der Waals surface area contributed by atoms with E-state index in [1.165, 1.54) is 11.9 Å². The molecule has 8 nitrogen and oxygen atoms in total. The average Bonchev–Trinajstić information content (AvgIpc) is 3.34. The molecule has 0 bridgehead atoms. The van der Waals surface area contributed by atoms with Crippen LogP contribution < -0.4 is 15.4 Å². The first-order valence-corrected chi connectivity index (χ1v) is 9.45. The zero-order valence-corrected chi connectivity index (χ0v) is 15.6. The van der Waals surface area contributed by atoms with Crippen molar-refractivity contribution in [3.63, 3.8) is 0 Å². The fraction of sp³-hybridized carbons (Fsp3) is 0.526. The first kappa shape index (κ1) is 17.9. The molecule has 1 saturated carbocycles. The van der Waals surface area contributed by atoms with Gasteiger partial charge >= 0.3 is 0 Å². The maximum absolute atomic E-state index is 12.3. The Morgan fingerprint density at radius 2 is 2.26 bits per heavy atom. The quantitative estimate of drug-likeness (QED) is 0.733. The molecule has 27 heavy (non-hydrogen) atoms. The van der Waals surface area contributed by atoms with Crippen molar-refractivity contribution >= 4 is 5.91 Å². The molecule has 2 aromatic rings. The van der Waals surface area contributed by atoms with Crippen molar-refractivity contribution in [1.82, 2.24) is 30.3 Å². The minimum Gasteiger partial charge on any atom is -0.496 e. The first-order chi connectivity index (χ1) is 13.2. The predicted molar refractivity (Wildman–Crippen MR) is 100 cm³/mol. The number of carbonyl (C=O) groups is 1. The van der Waals surface area contributed by atoms with Crippen LogP contribution in [0.3, 0.4) is 0 Å². The van der Waals surface area contributed by atoms with E-state index >= 15 is 0 Å². The molecule has 1 aromatic carbocycles. The van der Waals surface area contributed by atoms with Crippen LogP contribution in [0.25, 0.3) is 0 Å². The summed E-state index contributed by atoms with van der Waals surface area (Å²) in [4.78, 5) is 18.7. The van der Waals surface area contributed by atoms with Gasteiger partial charge in [-0.2, -0.15) is 5.10 Å². The minimum atomic E-state index is -0.132. The number of rotatable bonds is 7. The van der Waals surface area contributed by atoms with E-state index in [1.807, 2.05) is 6.07 Å². The Labute approximate surface area is 158 Å². The lowest BCUT2D eigenvalue weighted by Gasteiger charge is -2.33. The number of piperazine rings is 1. The number of hydrogen-bond donors (Lipinski definition) is 2. The van der Waals surface area contributed by atoms with Crippen LogP contribution in [0.1, 0.15) is 24.0 Å². The van der Waals surface area contributed by atoms with E-state index in [9.17, 15) is 4.79 Å². The van der Waals surface area contributed by atoms with Gasteiger partial charge < -0.3 is 15.4 Å². The Morgan fingerprint density at radius 1 is 1.37 bits per heavy atom. The first-order valence-electron chi connectivity index (χ1n) is 9.45. The topological polar surface area (TPSA) is 84.3 Å². The van der Waals surface area contributed by atoms with Gasteiger partial charge in [-0.25, -0.2) is 9.67 Å². The number of nitrogens with zero attached hydrogens (tertiary/aromatic N) is 4. The van der Waals surface area contributed by atoms with Gasteiger partial charge in [0.25, 0.3) is 0 Å². The van der Waals surface area contributed by atoms with Crippen molar-refractivity contribution in [3.05, 3.63) is 42.0 Å². The number of nitrogens with one attached hydrogen (secondary N) is 2. The lowest BCUT2D eigenvalue weighted by molar-refractivity contribution is -0.124. The van der Waals surface area contributed by atoms with Crippen LogP contribution in [0.2, 0.25) is 0 Å². The van der Waals surface area contributed by atoms with Crippen LogP contribution in [-0.4, -0.2) is 64.4 Å². The highest BCUT2D eigenvalue weighted by molar-refractivity contribution is 5.82. The summed E-state index contributed by atoms with van der Waals surface area (Å²) in [6, 6.07) is 6.51. The van der Waals surface area contributed by atoms with Gasteiger partial charge in [-0.1, -0.05) is 6.07 Å². The molecule has 1 aliphatic carbocycles. The second-order valence-electron chi connectivity index (χ2n) is 7.26. The van der Waals surface area contributed by atoms with Crippen molar-refractivity contribution in [2.45, 2.75) is 38.0 Å². The van der Waals surface area contributed by atoms with Crippen molar-refractivity contribution in [3.8, 4) is 5.75 Å². The lowest BCUT2D eigenvalue weighted by Crippen LogP contribution is -2.57. The zero-order valence-electron chi connectivity index (χ0n) is 15.6. The Kier molecular flexibility index (Phi) is 5.35. The number of aromatic nitrogens is 3. The molecule has 1 atom stereocenters. The summed E-state index contributed by atoms with van der Waals surface area (Å²) in [6.07, 6.45) is 5.46. The number of benzene rings is 1. The predicted octanol–water partition coefficient (Wildman–Crippen LogP) is 0.387. The van der Waals surface area contributed by atoms with Gasteiger partial charge in [-0.15, -0.1) is 0 Å². The van der Waals surface area contributed by atoms with E-state index in [1.54, 1.807) is 18.1 Å². The number of hydrogen-bond acceptors (Lipinski definition) is 6. The van der Waals surface area contributed by atoms with E-state index in [0.29, 0.717) is 12.6 Å². The molecular formula is C19H26N6O2. The highest BCUT2D eigenvalue weighted by Gasteiger charge is 2.30. The highest BCUT2D eigenvalue weighted by atomic mass is 16.5. The van der Waals surface area contributed by atoms with E-state index in [0.717, 1.165) is 50.3 Å². The van der Waals surface area contributed by atoms with E-state index < -0.39 is 0 Å². The standard InChI is InChI=1S/C19H26N6O2/c1-27-18-5-2-14(8-15(18)10-25-13-20-12-22-25)9-24-7-6-21-17(11-24)19(26)23-16-3-4-16/h2,5,8,12-13,16-17,21H,3-4,6-7,9-11H2,1H3,(H,23,26)/t17-/m1/s1. The molecule has 0 spiro atoms. The van der Waals surface area contributed by atoms with E-state index in [4.69, 9.17) is 4.74 Å². The summed E-state index contributed by atoms with van der Waals surface area (Å²) in [5, 5.41) is 10.6. The molecule has 2 fully saturated rings. The third-order valence-electron chi connectivity index (χ3n) is 5.05.